The molecule has 1 aliphatic rings. The first-order chi connectivity index (χ1) is 11.6. The molecule has 0 saturated heterocycles. The average molecular weight is 331 g/mol. The zero-order valence-corrected chi connectivity index (χ0v) is 13.9. The zero-order chi connectivity index (χ0) is 17.1. The Hall–Kier alpha value is -2.44. The first-order valence-corrected chi connectivity index (χ1v) is 8.15. The second-order valence-electron chi connectivity index (χ2n) is 6.30. The Morgan fingerprint density at radius 1 is 1.17 bits per heavy atom. The summed E-state index contributed by atoms with van der Waals surface area (Å²) in [4.78, 5) is 12.2. The van der Waals surface area contributed by atoms with E-state index in [2.05, 4.69) is 27.2 Å². The van der Waals surface area contributed by atoms with Crippen molar-refractivity contribution in [1.82, 2.24) is 15.0 Å². The van der Waals surface area contributed by atoms with Crippen molar-refractivity contribution in [2.75, 3.05) is 18.2 Å². The Morgan fingerprint density at radius 3 is 2.62 bits per heavy atom. The summed E-state index contributed by atoms with van der Waals surface area (Å²) in [6, 6.07) is 1.85. The monoisotopic (exact) mass is 331 g/mol. The highest BCUT2D eigenvalue weighted by atomic mass is 19.1. The second kappa shape index (κ2) is 6.98. The van der Waals surface area contributed by atoms with Crippen LogP contribution >= 0.6 is 0 Å². The number of pyridine rings is 1. The summed E-state index contributed by atoms with van der Waals surface area (Å²) in [5.74, 6) is 1.34. The van der Waals surface area contributed by atoms with Crippen molar-refractivity contribution in [2.45, 2.75) is 38.6 Å². The smallest absolute Gasteiger partial charge is 0.221 e. The van der Waals surface area contributed by atoms with E-state index in [0.29, 0.717) is 28.9 Å². The number of ether oxygens (including phenoxy) is 1. The Bertz CT molecular complexity index is 716. The molecule has 0 aromatic carbocycles. The van der Waals surface area contributed by atoms with Crippen molar-refractivity contribution < 1.29 is 9.13 Å². The highest BCUT2D eigenvalue weighted by molar-refractivity contribution is 5.76. The summed E-state index contributed by atoms with van der Waals surface area (Å²) in [6.07, 6.45) is 7.14. The van der Waals surface area contributed by atoms with E-state index in [1.54, 1.807) is 6.07 Å². The van der Waals surface area contributed by atoms with E-state index in [9.17, 15) is 4.39 Å². The summed E-state index contributed by atoms with van der Waals surface area (Å²) >= 11 is 0. The molecule has 0 aliphatic heterocycles. The summed E-state index contributed by atoms with van der Waals surface area (Å²) < 4.78 is 19.4. The number of nitrogen functional groups attached to an aromatic ring is 1. The van der Waals surface area contributed by atoms with Crippen LogP contribution in [0.25, 0.3) is 11.1 Å². The van der Waals surface area contributed by atoms with Crippen molar-refractivity contribution in [3.63, 3.8) is 0 Å². The molecule has 24 heavy (non-hydrogen) atoms. The van der Waals surface area contributed by atoms with Crippen molar-refractivity contribution in [2.24, 2.45) is 5.92 Å². The fraction of sp³-hybridized carbons (Fsp3) is 0.471. The van der Waals surface area contributed by atoms with E-state index in [1.165, 1.54) is 26.1 Å². The Morgan fingerprint density at radius 2 is 1.92 bits per heavy atom. The van der Waals surface area contributed by atoms with Gasteiger partial charge in [-0.2, -0.15) is 4.98 Å². The molecule has 2 aromatic heterocycles. The number of hydrogen-bond donors (Lipinski definition) is 2. The Labute approximate surface area is 140 Å². The number of methoxy groups -OCH3 is 1. The summed E-state index contributed by atoms with van der Waals surface area (Å²) in [5, 5.41) is 3.42. The van der Waals surface area contributed by atoms with Crippen LogP contribution in [0.1, 0.15) is 32.6 Å². The summed E-state index contributed by atoms with van der Waals surface area (Å²) in [6.45, 7) is 2.27. The topological polar surface area (TPSA) is 86.0 Å². The maximum atomic E-state index is 14.3. The van der Waals surface area contributed by atoms with E-state index in [4.69, 9.17) is 10.5 Å². The number of nitrogens with one attached hydrogen (secondary N) is 1. The molecule has 0 radical (unpaired) electrons. The number of nitrogens with two attached hydrogens (primary N) is 1. The molecule has 128 valence electrons. The molecule has 1 fully saturated rings. The van der Waals surface area contributed by atoms with Crippen LogP contribution < -0.4 is 15.8 Å². The van der Waals surface area contributed by atoms with E-state index in [1.807, 2.05) is 0 Å². The van der Waals surface area contributed by atoms with Crippen LogP contribution in [0.2, 0.25) is 0 Å². The molecule has 2 heterocycles. The van der Waals surface area contributed by atoms with Gasteiger partial charge in [0.05, 0.1) is 13.3 Å². The molecular weight excluding hydrogens is 309 g/mol. The van der Waals surface area contributed by atoms with Gasteiger partial charge in [-0.1, -0.05) is 6.92 Å². The van der Waals surface area contributed by atoms with E-state index in [-0.39, 0.29) is 5.95 Å². The Kier molecular flexibility index (Phi) is 4.78. The number of aromatic nitrogens is 3. The number of nitrogens with zero attached hydrogens (tertiary/aromatic N) is 3. The highest BCUT2D eigenvalue weighted by Crippen LogP contribution is 2.33. The predicted octanol–water partition coefficient (Wildman–Crippen LogP) is 3.26. The van der Waals surface area contributed by atoms with Crippen molar-refractivity contribution >= 4 is 11.8 Å². The largest absolute Gasteiger partial charge is 0.481 e. The molecule has 1 aliphatic carbocycles. The van der Waals surface area contributed by atoms with Crippen LogP contribution in [-0.4, -0.2) is 28.1 Å². The van der Waals surface area contributed by atoms with E-state index < -0.39 is 5.82 Å². The summed E-state index contributed by atoms with van der Waals surface area (Å²) in [7, 11) is 1.49. The van der Waals surface area contributed by atoms with Gasteiger partial charge in [0.2, 0.25) is 11.8 Å². The van der Waals surface area contributed by atoms with Crippen molar-refractivity contribution in [1.29, 1.82) is 0 Å². The van der Waals surface area contributed by atoms with Crippen LogP contribution in [0, 0.1) is 11.7 Å². The van der Waals surface area contributed by atoms with Gasteiger partial charge < -0.3 is 15.8 Å². The number of halogens is 1. The molecule has 3 N–H and O–H groups in total. The minimum atomic E-state index is -0.454. The van der Waals surface area contributed by atoms with Crippen molar-refractivity contribution in [3.8, 4) is 17.0 Å². The van der Waals surface area contributed by atoms with E-state index in [0.717, 1.165) is 25.0 Å². The van der Waals surface area contributed by atoms with Crippen LogP contribution in [0.15, 0.2) is 18.5 Å². The van der Waals surface area contributed by atoms with Gasteiger partial charge in [0, 0.05) is 29.4 Å². The third-order valence-corrected chi connectivity index (χ3v) is 4.49. The molecule has 2 aromatic rings. The molecule has 0 bridgehead atoms. The van der Waals surface area contributed by atoms with Gasteiger partial charge in [0.15, 0.2) is 0 Å². The number of anilines is 2. The molecule has 7 heteroatoms. The molecule has 0 unspecified atom stereocenters. The first kappa shape index (κ1) is 16.4. The maximum absolute atomic E-state index is 14.3. The molecule has 6 nitrogen and oxygen atoms in total. The normalized spacial score (nSPS) is 20.6. The molecular formula is C17H22FN5O. The van der Waals surface area contributed by atoms with Crippen LogP contribution in [0.3, 0.4) is 0 Å². The third-order valence-electron chi connectivity index (χ3n) is 4.49. The average Bonchev–Trinajstić information content (AvgIpc) is 2.58. The lowest BCUT2D eigenvalue weighted by Gasteiger charge is -2.28. The molecule has 1 saturated carbocycles. The first-order valence-electron chi connectivity index (χ1n) is 8.15. The lowest BCUT2D eigenvalue weighted by molar-refractivity contribution is 0.361. The zero-order valence-electron chi connectivity index (χ0n) is 13.9. The summed E-state index contributed by atoms with van der Waals surface area (Å²) in [5.41, 5.74) is 6.63. The lowest BCUT2D eigenvalue weighted by Crippen LogP contribution is -2.26. The third kappa shape index (κ3) is 3.55. The van der Waals surface area contributed by atoms with Gasteiger partial charge in [0.1, 0.15) is 11.6 Å². The fourth-order valence-electron chi connectivity index (χ4n) is 3.04. The predicted molar refractivity (Wildman–Crippen MR) is 91.2 cm³/mol. The maximum Gasteiger partial charge on any atom is 0.221 e. The standard InChI is InChI=1S/C17H22FN5O/c1-10-3-5-11(6-4-10)22-16-13(8-21-17(19)23-16)12-7-15(24-2)20-9-14(12)18/h7-11H,3-6H2,1-2H3,(H3,19,21,22,23). The van der Waals surface area contributed by atoms with E-state index >= 15 is 0 Å². The second-order valence-corrected chi connectivity index (χ2v) is 6.30. The van der Waals surface area contributed by atoms with Gasteiger partial charge >= 0.3 is 0 Å². The van der Waals surface area contributed by atoms with Gasteiger partial charge in [-0.25, -0.2) is 14.4 Å². The minimum absolute atomic E-state index is 0.159. The SMILES string of the molecule is COc1cc(-c2cnc(N)nc2NC2CCC(C)CC2)c(F)cn1. The molecule has 3 rings (SSSR count). The number of rotatable bonds is 4. The van der Waals surface area contributed by atoms with Crippen LogP contribution in [-0.2, 0) is 0 Å². The molecule has 0 atom stereocenters. The number of hydrogen-bond acceptors (Lipinski definition) is 6. The van der Waals surface area contributed by atoms with Gasteiger partial charge in [0.25, 0.3) is 0 Å². The lowest BCUT2D eigenvalue weighted by atomic mass is 9.87. The van der Waals surface area contributed by atoms with Gasteiger partial charge in [-0.05, 0) is 31.6 Å². The fourth-order valence-corrected chi connectivity index (χ4v) is 3.04. The molecule has 0 amide bonds. The van der Waals surface area contributed by atoms with Gasteiger partial charge in [-0.3, -0.25) is 0 Å². The van der Waals surface area contributed by atoms with Gasteiger partial charge in [-0.15, -0.1) is 0 Å². The van der Waals surface area contributed by atoms with Crippen LogP contribution in [0.5, 0.6) is 5.88 Å². The Balaban J connectivity index is 1.94. The van der Waals surface area contributed by atoms with Crippen LogP contribution in [0.4, 0.5) is 16.2 Å². The minimum Gasteiger partial charge on any atom is -0.481 e. The molecule has 0 spiro atoms. The quantitative estimate of drug-likeness (QED) is 0.894. The van der Waals surface area contributed by atoms with Crippen molar-refractivity contribution in [3.05, 3.63) is 24.3 Å². The highest BCUT2D eigenvalue weighted by Gasteiger charge is 2.21.